The van der Waals surface area contributed by atoms with Gasteiger partial charge in [0.15, 0.2) is 0 Å². The summed E-state index contributed by atoms with van der Waals surface area (Å²) >= 11 is 4.01. The molecule has 1 unspecified atom stereocenters. The van der Waals surface area contributed by atoms with E-state index in [9.17, 15) is 0 Å². The minimum absolute atomic E-state index is 0.396. The lowest BCUT2D eigenvalue weighted by Crippen LogP contribution is -2.00. The van der Waals surface area contributed by atoms with Crippen LogP contribution in [0.25, 0.3) is 10.8 Å². The highest BCUT2D eigenvalue weighted by molar-refractivity contribution is 9.09. The second kappa shape index (κ2) is 4.34. The molecular weight excluding hydrogens is 308 g/mol. The van der Waals surface area contributed by atoms with Crippen LogP contribution in [0, 0.1) is 23.7 Å². The molecule has 3 rings (SSSR count). The summed E-state index contributed by atoms with van der Waals surface area (Å²) in [5, 5.41) is 2.78. The van der Waals surface area contributed by atoms with Crippen LogP contribution >= 0.6 is 15.9 Å². The summed E-state index contributed by atoms with van der Waals surface area (Å²) in [6, 6.07) is 13.3. The van der Waals surface area contributed by atoms with E-state index >= 15 is 0 Å². The van der Waals surface area contributed by atoms with Crippen molar-refractivity contribution in [1.82, 2.24) is 0 Å². The number of alkyl halides is 1. The topological polar surface area (TPSA) is 0 Å². The van der Waals surface area contributed by atoms with E-state index in [4.69, 9.17) is 0 Å². The standard InChI is InChI=1S/C19H23Br/c1-12-10-11-15(14-9-7-6-8-13(12)14)16(20)17-18(2,3)19(17,4)5/h6-11,16-17H,1-5H3. The van der Waals surface area contributed by atoms with E-state index in [1.807, 2.05) is 0 Å². The Balaban J connectivity index is 2.11. The third-order valence-electron chi connectivity index (χ3n) is 5.90. The second-order valence-corrected chi connectivity index (χ2v) is 8.33. The van der Waals surface area contributed by atoms with Crippen molar-refractivity contribution in [3.05, 3.63) is 47.5 Å². The smallest absolute Gasteiger partial charge is 0.0440 e. The molecule has 106 valence electrons. The van der Waals surface area contributed by atoms with Crippen molar-refractivity contribution in [2.24, 2.45) is 16.7 Å². The Morgan fingerprint density at radius 1 is 0.900 bits per heavy atom. The van der Waals surface area contributed by atoms with Gasteiger partial charge in [-0.1, -0.05) is 80.0 Å². The van der Waals surface area contributed by atoms with Gasteiger partial charge in [0, 0.05) is 4.83 Å². The Morgan fingerprint density at radius 2 is 1.45 bits per heavy atom. The molecule has 0 aliphatic heterocycles. The number of hydrogen-bond donors (Lipinski definition) is 0. The predicted octanol–water partition coefficient (Wildman–Crippen LogP) is 6.27. The monoisotopic (exact) mass is 330 g/mol. The molecule has 1 aliphatic rings. The fraction of sp³-hybridized carbons (Fsp3) is 0.474. The van der Waals surface area contributed by atoms with Crippen LogP contribution < -0.4 is 0 Å². The van der Waals surface area contributed by atoms with Crippen molar-refractivity contribution in [3.63, 3.8) is 0 Å². The molecule has 0 nitrogen and oxygen atoms in total. The summed E-state index contributed by atoms with van der Waals surface area (Å²) in [5.74, 6) is 0.682. The van der Waals surface area contributed by atoms with Gasteiger partial charge in [0.2, 0.25) is 0 Å². The molecule has 1 aliphatic carbocycles. The number of fused-ring (bicyclic) bond motifs is 1. The molecule has 1 saturated carbocycles. The molecule has 0 radical (unpaired) electrons. The number of halogens is 1. The quantitative estimate of drug-likeness (QED) is 0.569. The van der Waals surface area contributed by atoms with Crippen LogP contribution in [0.15, 0.2) is 36.4 Å². The fourth-order valence-electron chi connectivity index (χ4n) is 3.87. The lowest BCUT2D eigenvalue weighted by atomic mass is 9.95. The fourth-order valence-corrected chi connectivity index (χ4v) is 5.59. The molecule has 1 atom stereocenters. The first-order valence-electron chi connectivity index (χ1n) is 7.41. The third-order valence-corrected chi connectivity index (χ3v) is 6.92. The largest absolute Gasteiger partial charge is 0.0835 e. The first kappa shape index (κ1) is 14.1. The number of rotatable bonds is 2. The molecule has 0 aromatic heterocycles. The molecule has 1 fully saturated rings. The van der Waals surface area contributed by atoms with Crippen molar-refractivity contribution in [2.45, 2.75) is 39.4 Å². The summed E-state index contributed by atoms with van der Waals surface area (Å²) in [5.41, 5.74) is 3.59. The maximum Gasteiger partial charge on any atom is 0.0440 e. The number of benzene rings is 2. The van der Waals surface area contributed by atoms with E-state index in [0.717, 1.165) is 0 Å². The van der Waals surface area contributed by atoms with Crippen molar-refractivity contribution in [1.29, 1.82) is 0 Å². The molecular formula is C19H23Br. The number of aryl methyl sites for hydroxylation is 1. The summed E-state index contributed by atoms with van der Waals surface area (Å²) < 4.78 is 0. The van der Waals surface area contributed by atoms with Crippen LogP contribution in [0.2, 0.25) is 0 Å². The Bertz CT molecular complexity index is 653. The maximum absolute atomic E-state index is 4.01. The predicted molar refractivity (Wildman–Crippen MR) is 91.4 cm³/mol. The lowest BCUT2D eigenvalue weighted by Gasteiger charge is -2.16. The molecule has 2 aromatic carbocycles. The Labute approximate surface area is 130 Å². The molecule has 0 N–H and O–H groups in total. The van der Waals surface area contributed by atoms with Gasteiger partial charge in [-0.3, -0.25) is 0 Å². The van der Waals surface area contributed by atoms with Crippen LogP contribution in [0.1, 0.15) is 43.6 Å². The van der Waals surface area contributed by atoms with Crippen LogP contribution in [0.5, 0.6) is 0 Å². The van der Waals surface area contributed by atoms with Crippen LogP contribution in [-0.4, -0.2) is 0 Å². The molecule has 0 bridgehead atoms. The van der Waals surface area contributed by atoms with E-state index in [1.165, 1.54) is 21.9 Å². The van der Waals surface area contributed by atoms with E-state index in [2.05, 4.69) is 86.9 Å². The van der Waals surface area contributed by atoms with Crippen molar-refractivity contribution >= 4 is 26.7 Å². The normalized spacial score (nSPS) is 21.9. The minimum Gasteiger partial charge on any atom is -0.0835 e. The highest BCUT2D eigenvalue weighted by atomic mass is 79.9. The second-order valence-electron chi connectivity index (χ2n) is 7.34. The molecule has 1 heteroatoms. The zero-order chi connectivity index (χ0) is 14.7. The van der Waals surface area contributed by atoms with Gasteiger partial charge in [0.05, 0.1) is 0 Å². The van der Waals surface area contributed by atoms with Gasteiger partial charge in [-0.2, -0.15) is 0 Å². The molecule has 0 amide bonds. The van der Waals surface area contributed by atoms with Gasteiger partial charge in [-0.05, 0) is 45.6 Å². The summed E-state index contributed by atoms with van der Waals surface area (Å²) in [6.45, 7) is 11.8. The highest BCUT2D eigenvalue weighted by Gasteiger charge is 2.66. The molecule has 2 aromatic rings. The van der Waals surface area contributed by atoms with Gasteiger partial charge >= 0.3 is 0 Å². The molecule has 20 heavy (non-hydrogen) atoms. The van der Waals surface area contributed by atoms with Gasteiger partial charge in [-0.25, -0.2) is 0 Å². The van der Waals surface area contributed by atoms with Gasteiger partial charge in [0.1, 0.15) is 0 Å². The first-order valence-corrected chi connectivity index (χ1v) is 8.32. The van der Waals surface area contributed by atoms with Crippen LogP contribution in [-0.2, 0) is 0 Å². The summed E-state index contributed by atoms with van der Waals surface area (Å²) in [6.07, 6.45) is 0. The van der Waals surface area contributed by atoms with E-state index in [-0.39, 0.29) is 0 Å². The Kier molecular flexibility index (Phi) is 3.06. The van der Waals surface area contributed by atoms with Crippen molar-refractivity contribution in [2.75, 3.05) is 0 Å². The molecule has 0 heterocycles. The minimum atomic E-state index is 0.396. The molecule has 0 saturated heterocycles. The van der Waals surface area contributed by atoms with Crippen LogP contribution in [0.3, 0.4) is 0 Å². The van der Waals surface area contributed by atoms with Crippen LogP contribution in [0.4, 0.5) is 0 Å². The van der Waals surface area contributed by atoms with E-state index < -0.39 is 0 Å². The number of hydrogen-bond acceptors (Lipinski definition) is 0. The molecule has 0 spiro atoms. The Morgan fingerprint density at radius 3 is 2.00 bits per heavy atom. The van der Waals surface area contributed by atoms with Gasteiger partial charge in [0.25, 0.3) is 0 Å². The average Bonchev–Trinajstić information content (AvgIpc) is 2.80. The van der Waals surface area contributed by atoms with Gasteiger partial charge in [-0.15, -0.1) is 0 Å². The highest BCUT2D eigenvalue weighted by Crippen LogP contribution is 2.74. The summed E-state index contributed by atoms with van der Waals surface area (Å²) in [4.78, 5) is 0.429. The Hall–Kier alpha value is -0.820. The summed E-state index contributed by atoms with van der Waals surface area (Å²) in [7, 11) is 0. The maximum atomic E-state index is 4.01. The van der Waals surface area contributed by atoms with E-state index in [1.54, 1.807) is 0 Å². The first-order chi connectivity index (χ1) is 9.28. The SMILES string of the molecule is Cc1ccc(C(Br)C2C(C)(C)C2(C)C)c2ccccc12. The lowest BCUT2D eigenvalue weighted by molar-refractivity contribution is 0.457. The van der Waals surface area contributed by atoms with Crippen molar-refractivity contribution in [3.8, 4) is 0 Å². The van der Waals surface area contributed by atoms with Crippen molar-refractivity contribution < 1.29 is 0 Å². The zero-order valence-electron chi connectivity index (χ0n) is 13.0. The average molecular weight is 331 g/mol. The van der Waals surface area contributed by atoms with Gasteiger partial charge < -0.3 is 0 Å². The zero-order valence-corrected chi connectivity index (χ0v) is 14.6. The van der Waals surface area contributed by atoms with E-state index in [0.29, 0.717) is 21.6 Å². The third kappa shape index (κ3) is 1.79.